The number of benzene rings is 4. The number of anilines is 1. The molecule has 4 aliphatic carbocycles. The maximum Gasteiger partial charge on any atom is 0.124 e. The minimum absolute atomic E-state index is 0.366. The van der Waals surface area contributed by atoms with Crippen molar-refractivity contribution in [2.45, 2.75) is 38.1 Å². The highest BCUT2D eigenvalue weighted by molar-refractivity contribution is 6.11. The lowest BCUT2D eigenvalue weighted by Crippen LogP contribution is -2.55. The van der Waals surface area contributed by atoms with Gasteiger partial charge in [0.1, 0.15) is 5.75 Å². The van der Waals surface area contributed by atoms with Gasteiger partial charge in [-0.1, -0.05) is 60.7 Å². The van der Waals surface area contributed by atoms with E-state index in [1.165, 1.54) is 59.5 Å². The van der Waals surface area contributed by atoms with Crippen LogP contribution in [0.4, 0.5) is 5.69 Å². The zero-order chi connectivity index (χ0) is 22.1. The fraction of sp³-hybridized carbons (Fsp3) is 0.355. The number of hydrogen-bond acceptors (Lipinski definition) is 2. The van der Waals surface area contributed by atoms with Crippen molar-refractivity contribution in [1.82, 2.24) is 0 Å². The average molecular weight is 434 g/mol. The lowest BCUT2D eigenvalue weighted by molar-refractivity contribution is -0.00118. The molecule has 8 rings (SSSR count). The van der Waals surface area contributed by atoms with Crippen LogP contribution in [0.5, 0.6) is 5.75 Å². The van der Waals surface area contributed by atoms with Crippen molar-refractivity contribution in [3.05, 3.63) is 72.8 Å². The van der Waals surface area contributed by atoms with Gasteiger partial charge in [-0.05, 0) is 89.5 Å². The van der Waals surface area contributed by atoms with Gasteiger partial charge in [0.05, 0.1) is 0 Å². The molecule has 0 heterocycles. The van der Waals surface area contributed by atoms with Crippen molar-refractivity contribution >= 4 is 27.2 Å². The van der Waals surface area contributed by atoms with E-state index in [4.69, 9.17) is 0 Å². The van der Waals surface area contributed by atoms with E-state index in [-0.39, 0.29) is 0 Å². The maximum atomic E-state index is 11.2. The van der Waals surface area contributed by atoms with E-state index >= 15 is 0 Å². The number of aromatic hydroxyl groups is 1. The smallest absolute Gasteiger partial charge is 0.124 e. The van der Waals surface area contributed by atoms with E-state index in [0.717, 1.165) is 34.6 Å². The standard InChI is InChI=1S/C31H31NO/c1-32(31-23-15-19-14-20(17-23)18-24(31)16-19)27-12-10-21-6-2-4-8-25(21)29(27)30-26-9-5-3-7-22(26)11-13-28(30)33/h2-13,19-20,23-24,31,33H,14-18H2,1H3. The normalized spacial score (nSPS) is 28.0. The third kappa shape index (κ3) is 2.93. The molecule has 0 atom stereocenters. The summed E-state index contributed by atoms with van der Waals surface area (Å²) in [4.78, 5) is 2.61. The van der Waals surface area contributed by atoms with E-state index in [0.29, 0.717) is 11.8 Å². The summed E-state index contributed by atoms with van der Waals surface area (Å²) in [5, 5.41) is 16.0. The molecule has 4 aliphatic rings. The molecule has 1 N–H and O–H groups in total. The topological polar surface area (TPSA) is 23.5 Å². The number of phenolic OH excluding ortho intramolecular Hbond substituents is 1. The van der Waals surface area contributed by atoms with E-state index in [2.05, 4.69) is 72.6 Å². The Morgan fingerprint density at radius 3 is 1.82 bits per heavy atom. The second-order valence-electron chi connectivity index (χ2n) is 10.9. The summed E-state index contributed by atoms with van der Waals surface area (Å²) in [5.41, 5.74) is 3.41. The molecular formula is C31H31NO. The summed E-state index contributed by atoms with van der Waals surface area (Å²) in [5.74, 6) is 3.92. The van der Waals surface area contributed by atoms with Crippen LogP contribution in [-0.4, -0.2) is 18.2 Å². The van der Waals surface area contributed by atoms with E-state index < -0.39 is 0 Å². The minimum Gasteiger partial charge on any atom is -0.507 e. The van der Waals surface area contributed by atoms with Crippen LogP contribution in [0.25, 0.3) is 32.7 Å². The van der Waals surface area contributed by atoms with Gasteiger partial charge >= 0.3 is 0 Å². The first-order chi connectivity index (χ1) is 16.2. The van der Waals surface area contributed by atoms with Gasteiger partial charge in [0.2, 0.25) is 0 Å². The minimum atomic E-state index is 0.366. The van der Waals surface area contributed by atoms with E-state index in [9.17, 15) is 5.11 Å². The Bertz CT molecular complexity index is 1340. The third-order valence-electron chi connectivity index (χ3n) is 9.07. The Labute approximate surface area is 195 Å². The molecule has 2 nitrogen and oxygen atoms in total. The van der Waals surface area contributed by atoms with Gasteiger partial charge < -0.3 is 10.0 Å². The highest BCUT2D eigenvalue weighted by Gasteiger charge is 2.49. The number of nitrogens with zero attached hydrogens (tertiary/aromatic N) is 1. The highest BCUT2D eigenvalue weighted by Crippen LogP contribution is 2.56. The molecule has 2 heteroatoms. The molecule has 4 saturated carbocycles. The first kappa shape index (κ1) is 19.5. The first-order valence-electron chi connectivity index (χ1n) is 12.6. The summed E-state index contributed by atoms with van der Waals surface area (Å²) in [6.45, 7) is 0. The summed E-state index contributed by atoms with van der Waals surface area (Å²) >= 11 is 0. The molecule has 33 heavy (non-hydrogen) atoms. The zero-order valence-electron chi connectivity index (χ0n) is 19.2. The second-order valence-corrected chi connectivity index (χ2v) is 10.9. The summed E-state index contributed by atoms with van der Waals surface area (Å²) in [7, 11) is 2.32. The predicted molar refractivity (Wildman–Crippen MR) is 138 cm³/mol. The summed E-state index contributed by atoms with van der Waals surface area (Å²) in [6.07, 6.45) is 7.11. The SMILES string of the molecule is CN(c1ccc2ccccc2c1-c1c(O)ccc2ccccc12)C1C2CC3CC(C2)CC1C3. The molecule has 0 amide bonds. The lowest BCUT2D eigenvalue weighted by atomic mass is 9.54. The van der Waals surface area contributed by atoms with Gasteiger partial charge in [0.25, 0.3) is 0 Å². The molecule has 0 radical (unpaired) electrons. The van der Waals surface area contributed by atoms with Crippen LogP contribution in [0.15, 0.2) is 72.8 Å². The van der Waals surface area contributed by atoms with Crippen molar-refractivity contribution in [2.24, 2.45) is 23.7 Å². The molecule has 0 unspecified atom stereocenters. The monoisotopic (exact) mass is 433 g/mol. The Kier molecular flexibility index (Phi) is 4.28. The van der Waals surface area contributed by atoms with Crippen LogP contribution in [0.1, 0.15) is 32.1 Å². The summed E-state index contributed by atoms with van der Waals surface area (Å²) < 4.78 is 0. The van der Waals surface area contributed by atoms with Gasteiger partial charge in [0, 0.05) is 29.9 Å². The molecule has 166 valence electrons. The van der Waals surface area contributed by atoms with Crippen LogP contribution in [0.2, 0.25) is 0 Å². The Balaban J connectivity index is 1.46. The van der Waals surface area contributed by atoms with Crippen molar-refractivity contribution in [3.8, 4) is 16.9 Å². The molecular weight excluding hydrogens is 402 g/mol. The van der Waals surface area contributed by atoms with Gasteiger partial charge in [-0.15, -0.1) is 0 Å². The average Bonchev–Trinajstić information content (AvgIpc) is 2.83. The molecule has 0 aromatic heterocycles. The molecule has 0 saturated heterocycles. The first-order valence-corrected chi connectivity index (χ1v) is 12.6. The van der Waals surface area contributed by atoms with Crippen LogP contribution in [-0.2, 0) is 0 Å². The van der Waals surface area contributed by atoms with Crippen LogP contribution < -0.4 is 4.90 Å². The van der Waals surface area contributed by atoms with Crippen molar-refractivity contribution in [2.75, 3.05) is 11.9 Å². The lowest BCUT2D eigenvalue weighted by Gasteiger charge is -2.57. The fourth-order valence-electron chi connectivity index (χ4n) is 8.03. The van der Waals surface area contributed by atoms with Crippen LogP contribution in [0, 0.1) is 23.7 Å². The highest BCUT2D eigenvalue weighted by atomic mass is 16.3. The fourth-order valence-corrected chi connectivity index (χ4v) is 8.03. The molecule has 4 fully saturated rings. The number of fused-ring (bicyclic) bond motifs is 2. The van der Waals surface area contributed by atoms with Crippen molar-refractivity contribution < 1.29 is 5.11 Å². The molecule has 4 aromatic rings. The zero-order valence-corrected chi connectivity index (χ0v) is 19.2. The Hall–Kier alpha value is -3.00. The Morgan fingerprint density at radius 2 is 1.18 bits per heavy atom. The van der Waals surface area contributed by atoms with Gasteiger partial charge in [-0.3, -0.25) is 0 Å². The van der Waals surface area contributed by atoms with Crippen LogP contribution in [0.3, 0.4) is 0 Å². The number of phenols is 1. The molecule has 0 aliphatic heterocycles. The maximum absolute atomic E-state index is 11.2. The third-order valence-corrected chi connectivity index (χ3v) is 9.07. The van der Waals surface area contributed by atoms with Gasteiger partial charge in [-0.2, -0.15) is 0 Å². The molecule has 0 spiro atoms. The molecule has 4 bridgehead atoms. The summed E-state index contributed by atoms with van der Waals surface area (Å²) in [6, 6.07) is 26.2. The van der Waals surface area contributed by atoms with Gasteiger partial charge in [0.15, 0.2) is 0 Å². The van der Waals surface area contributed by atoms with E-state index in [1.807, 2.05) is 12.1 Å². The van der Waals surface area contributed by atoms with Crippen molar-refractivity contribution in [3.63, 3.8) is 0 Å². The Morgan fingerprint density at radius 1 is 0.636 bits per heavy atom. The quantitative estimate of drug-likeness (QED) is 0.359. The second kappa shape index (κ2) is 7.25. The largest absolute Gasteiger partial charge is 0.507 e. The number of rotatable bonds is 3. The predicted octanol–water partition coefficient (Wildman–Crippen LogP) is 7.63. The van der Waals surface area contributed by atoms with Crippen molar-refractivity contribution in [1.29, 1.82) is 0 Å². The van der Waals surface area contributed by atoms with E-state index in [1.54, 1.807) is 0 Å². The van der Waals surface area contributed by atoms with Crippen LogP contribution >= 0.6 is 0 Å². The number of hydrogen-bond donors (Lipinski definition) is 1. The van der Waals surface area contributed by atoms with Gasteiger partial charge in [-0.25, -0.2) is 0 Å². The molecule has 4 aromatic carbocycles.